The normalized spacial score (nSPS) is 12.6. The van der Waals surface area contributed by atoms with Crippen LogP contribution in [0.4, 0.5) is 0 Å². The first kappa shape index (κ1) is 14.6. The molecule has 0 aliphatic carbocycles. The fourth-order valence-corrected chi connectivity index (χ4v) is 2.87. The minimum absolute atomic E-state index is 0.563. The molecule has 1 unspecified atom stereocenters. The summed E-state index contributed by atoms with van der Waals surface area (Å²) in [4.78, 5) is 0. The summed E-state index contributed by atoms with van der Waals surface area (Å²) in [7, 11) is 0. The van der Waals surface area contributed by atoms with Crippen LogP contribution in [0.5, 0.6) is 0 Å². The molecular weight excluding hydrogens is 324 g/mol. The van der Waals surface area contributed by atoms with Gasteiger partial charge in [-0.05, 0) is 48.9 Å². The monoisotopic (exact) mass is 340 g/mol. The van der Waals surface area contributed by atoms with Crippen LogP contribution < -0.4 is 0 Å². The van der Waals surface area contributed by atoms with Crippen LogP contribution >= 0.6 is 27.5 Å². The molecular formula is C15H18BrClN2. The number of nitrogens with zero attached hydrogens (tertiary/aromatic N) is 2. The van der Waals surface area contributed by atoms with E-state index in [1.165, 1.54) is 11.1 Å². The van der Waals surface area contributed by atoms with E-state index in [0.29, 0.717) is 5.92 Å². The molecule has 0 aliphatic rings. The van der Waals surface area contributed by atoms with Gasteiger partial charge in [-0.1, -0.05) is 39.7 Å². The maximum atomic E-state index is 6.03. The highest BCUT2D eigenvalue weighted by Gasteiger charge is 2.11. The highest BCUT2D eigenvalue weighted by molar-refractivity contribution is 9.09. The predicted octanol–water partition coefficient (Wildman–Crippen LogP) is 4.35. The van der Waals surface area contributed by atoms with Crippen LogP contribution in [-0.2, 0) is 19.4 Å². The second-order valence-electron chi connectivity index (χ2n) is 4.76. The number of aromatic nitrogens is 2. The lowest BCUT2D eigenvalue weighted by molar-refractivity contribution is 0.590. The fourth-order valence-electron chi connectivity index (χ4n) is 2.20. The zero-order valence-corrected chi connectivity index (χ0v) is 13.4. The Balaban J connectivity index is 2.00. The van der Waals surface area contributed by atoms with E-state index >= 15 is 0 Å². The van der Waals surface area contributed by atoms with Crippen LogP contribution in [-0.4, -0.2) is 15.1 Å². The Kier molecular flexibility index (Phi) is 5.46. The molecule has 0 aliphatic heterocycles. The molecule has 2 nitrogen and oxygen atoms in total. The van der Waals surface area contributed by atoms with Gasteiger partial charge in [0.25, 0.3) is 0 Å². The molecule has 1 atom stereocenters. The Labute approximate surface area is 127 Å². The number of aryl methyl sites for hydroxylation is 1. The molecule has 102 valence electrons. The lowest BCUT2D eigenvalue weighted by Crippen LogP contribution is -2.09. The first-order chi connectivity index (χ1) is 9.21. The Morgan fingerprint density at radius 3 is 2.74 bits per heavy atom. The van der Waals surface area contributed by atoms with Crippen molar-refractivity contribution in [2.75, 3.05) is 5.33 Å². The van der Waals surface area contributed by atoms with E-state index in [1.54, 1.807) is 0 Å². The van der Waals surface area contributed by atoms with Crippen molar-refractivity contribution in [3.63, 3.8) is 0 Å². The van der Waals surface area contributed by atoms with Crippen LogP contribution in [0.15, 0.2) is 36.7 Å². The summed E-state index contributed by atoms with van der Waals surface area (Å²) in [5.41, 5.74) is 2.59. The quantitative estimate of drug-likeness (QED) is 0.714. The highest BCUT2D eigenvalue weighted by atomic mass is 79.9. The molecule has 0 saturated carbocycles. The Morgan fingerprint density at radius 2 is 2.11 bits per heavy atom. The summed E-state index contributed by atoms with van der Waals surface area (Å²) in [5, 5.41) is 6.12. The van der Waals surface area contributed by atoms with E-state index in [2.05, 4.69) is 40.2 Å². The molecule has 1 heterocycles. The Hall–Kier alpha value is -0.800. The average molecular weight is 342 g/mol. The van der Waals surface area contributed by atoms with E-state index < -0.39 is 0 Å². The van der Waals surface area contributed by atoms with Gasteiger partial charge in [-0.2, -0.15) is 5.10 Å². The molecule has 0 bridgehead atoms. The molecule has 0 amide bonds. The summed E-state index contributed by atoms with van der Waals surface area (Å²) in [6.07, 6.45) is 6.17. The molecule has 0 saturated heterocycles. The van der Waals surface area contributed by atoms with Crippen molar-refractivity contribution in [1.82, 2.24) is 9.78 Å². The smallest absolute Gasteiger partial charge is 0.0521 e. The maximum Gasteiger partial charge on any atom is 0.0521 e. The summed E-state index contributed by atoms with van der Waals surface area (Å²) >= 11 is 9.64. The zero-order valence-electron chi connectivity index (χ0n) is 11.0. The molecule has 2 aromatic rings. The highest BCUT2D eigenvalue weighted by Crippen LogP contribution is 2.19. The van der Waals surface area contributed by atoms with E-state index in [4.69, 9.17) is 11.6 Å². The molecule has 19 heavy (non-hydrogen) atoms. The number of alkyl halides is 1. The second-order valence-corrected chi connectivity index (χ2v) is 5.85. The summed E-state index contributed by atoms with van der Waals surface area (Å²) < 4.78 is 1.97. The molecule has 4 heteroatoms. The summed E-state index contributed by atoms with van der Waals surface area (Å²) in [5.74, 6) is 0.563. The number of rotatable bonds is 6. The first-order valence-corrected chi connectivity index (χ1v) is 8.03. The third kappa shape index (κ3) is 4.36. The van der Waals surface area contributed by atoms with Gasteiger partial charge in [0, 0.05) is 23.1 Å². The predicted molar refractivity (Wildman–Crippen MR) is 84.0 cm³/mol. The number of halogens is 2. The van der Waals surface area contributed by atoms with Gasteiger partial charge in [0.05, 0.1) is 6.20 Å². The van der Waals surface area contributed by atoms with Crippen molar-refractivity contribution in [3.8, 4) is 0 Å². The van der Waals surface area contributed by atoms with Gasteiger partial charge in [0.15, 0.2) is 0 Å². The number of hydrogen-bond acceptors (Lipinski definition) is 1. The summed E-state index contributed by atoms with van der Waals surface area (Å²) in [6.45, 7) is 3.03. The van der Waals surface area contributed by atoms with Gasteiger partial charge >= 0.3 is 0 Å². The molecule has 1 aromatic carbocycles. The maximum absolute atomic E-state index is 6.03. The van der Waals surface area contributed by atoms with Gasteiger partial charge in [0.2, 0.25) is 0 Å². The number of hydrogen-bond donors (Lipinski definition) is 0. The standard InChI is InChI=1S/C15H18BrClN2/c1-2-19-11-14(10-18-19)7-13(9-16)6-12-4-3-5-15(17)8-12/h3-5,8,10-11,13H,2,6-7,9H2,1H3. The minimum Gasteiger partial charge on any atom is -0.273 e. The van der Waals surface area contributed by atoms with Gasteiger partial charge in [-0.25, -0.2) is 0 Å². The second kappa shape index (κ2) is 7.11. The van der Waals surface area contributed by atoms with Crippen molar-refractivity contribution in [1.29, 1.82) is 0 Å². The lowest BCUT2D eigenvalue weighted by atomic mass is 9.95. The van der Waals surface area contributed by atoms with Crippen molar-refractivity contribution < 1.29 is 0 Å². The Morgan fingerprint density at radius 1 is 1.32 bits per heavy atom. The van der Waals surface area contributed by atoms with Gasteiger partial charge < -0.3 is 0 Å². The molecule has 2 rings (SSSR count). The van der Waals surface area contributed by atoms with E-state index in [-0.39, 0.29) is 0 Å². The van der Waals surface area contributed by atoms with Gasteiger partial charge in [0.1, 0.15) is 0 Å². The van der Waals surface area contributed by atoms with Crippen molar-refractivity contribution in [2.24, 2.45) is 5.92 Å². The van der Waals surface area contributed by atoms with Gasteiger partial charge in [-0.15, -0.1) is 0 Å². The van der Waals surface area contributed by atoms with E-state index in [1.807, 2.05) is 29.1 Å². The number of benzene rings is 1. The third-order valence-electron chi connectivity index (χ3n) is 3.17. The minimum atomic E-state index is 0.563. The van der Waals surface area contributed by atoms with E-state index in [9.17, 15) is 0 Å². The van der Waals surface area contributed by atoms with Crippen molar-refractivity contribution in [2.45, 2.75) is 26.3 Å². The van der Waals surface area contributed by atoms with Crippen molar-refractivity contribution >= 4 is 27.5 Å². The van der Waals surface area contributed by atoms with Crippen LogP contribution in [0, 0.1) is 5.92 Å². The average Bonchev–Trinajstić information content (AvgIpc) is 2.85. The topological polar surface area (TPSA) is 17.8 Å². The molecule has 0 fully saturated rings. The molecule has 1 aromatic heterocycles. The third-order valence-corrected chi connectivity index (χ3v) is 4.32. The van der Waals surface area contributed by atoms with Gasteiger partial charge in [-0.3, -0.25) is 4.68 Å². The van der Waals surface area contributed by atoms with Crippen LogP contribution in [0.2, 0.25) is 5.02 Å². The SMILES string of the molecule is CCn1cc(CC(CBr)Cc2cccc(Cl)c2)cn1. The molecule has 0 N–H and O–H groups in total. The summed E-state index contributed by atoms with van der Waals surface area (Å²) in [6, 6.07) is 8.11. The van der Waals surface area contributed by atoms with Crippen LogP contribution in [0.1, 0.15) is 18.1 Å². The Bertz CT molecular complexity index is 524. The van der Waals surface area contributed by atoms with E-state index in [0.717, 1.165) is 29.7 Å². The van der Waals surface area contributed by atoms with Crippen LogP contribution in [0.3, 0.4) is 0 Å². The van der Waals surface area contributed by atoms with Crippen molar-refractivity contribution in [3.05, 3.63) is 52.8 Å². The lowest BCUT2D eigenvalue weighted by Gasteiger charge is -2.13. The zero-order chi connectivity index (χ0) is 13.7. The first-order valence-electron chi connectivity index (χ1n) is 6.53. The van der Waals surface area contributed by atoms with Crippen LogP contribution in [0.25, 0.3) is 0 Å². The molecule has 0 spiro atoms. The largest absolute Gasteiger partial charge is 0.273 e. The molecule has 0 radical (unpaired) electrons. The fraction of sp³-hybridized carbons (Fsp3) is 0.400.